The van der Waals surface area contributed by atoms with Crippen LogP contribution in [0.4, 0.5) is 0 Å². The van der Waals surface area contributed by atoms with Crippen molar-refractivity contribution in [1.82, 2.24) is 4.98 Å². The summed E-state index contributed by atoms with van der Waals surface area (Å²) >= 11 is 1.62. The van der Waals surface area contributed by atoms with Gasteiger partial charge in [0.15, 0.2) is 0 Å². The van der Waals surface area contributed by atoms with Crippen LogP contribution in [0.1, 0.15) is 30.5 Å². The van der Waals surface area contributed by atoms with Crippen molar-refractivity contribution in [2.45, 2.75) is 44.8 Å². The van der Waals surface area contributed by atoms with E-state index in [0.29, 0.717) is 26.2 Å². The van der Waals surface area contributed by atoms with Gasteiger partial charge in [-0.2, -0.15) is 0 Å². The van der Waals surface area contributed by atoms with E-state index in [0.717, 1.165) is 23.5 Å². The lowest BCUT2D eigenvalue weighted by Crippen LogP contribution is -2.50. The predicted octanol–water partition coefficient (Wildman–Crippen LogP) is 1.94. The van der Waals surface area contributed by atoms with Crippen molar-refractivity contribution in [3.63, 3.8) is 0 Å². The lowest BCUT2D eigenvalue weighted by Gasteiger charge is -2.40. The highest BCUT2D eigenvalue weighted by Crippen LogP contribution is 2.31. The van der Waals surface area contributed by atoms with E-state index in [1.165, 1.54) is 0 Å². The highest BCUT2D eigenvalue weighted by atomic mass is 32.1. The van der Waals surface area contributed by atoms with E-state index in [2.05, 4.69) is 4.98 Å². The second-order valence-electron chi connectivity index (χ2n) is 4.69. The summed E-state index contributed by atoms with van der Waals surface area (Å²) in [7, 11) is 0. The van der Waals surface area contributed by atoms with E-state index in [1.807, 2.05) is 19.2 Å². The van der Waals surface area contributed by atoms with Crippen LogP contribution in [0.15, 0.2) is 5.38 Å². The first-order chi connectivity index (χ1) is 8.66. The molecular formula is C13H21NO3S. The van der Waals surface area contributed by atoms with Gasteiger partial charge in [0, 0.05) is 44.5 Å². The zero-order valence-electron chi connectivity index (χ0n) is 11.0. The number of rotatable bonds is 5. The third kappa shape index (κ3) is 3.09. The Balaban J connectivity index is 2.05. The van der Waals surface area contributed by atoms with Gasteiger partial charge in [-0.05, 0) is 13.8 Å². The Morgan fingerprint density at radius 1 is 1.56 bits per heavy atom. The first-order valence-corrected chi connectivity index (χ1v) is 7.35. The summed E-state index contributed by atoms with van der Waals surface area (Å²) in [5, 5.41) is 13.6. The Bertz CT molecular complexity index is 369. The molecule has 0 amide bonds. The second-order valence-corrected chi connectivity index (χ2v) is 5.75. The van der Waals surface area contributed by atoms with Gasteiger partial charge in [0.25, 0.3) is 0 Å². The molecule has 1 aliphatic heterocycles. The number of hydrogen-bond acceptors (Lipinski definition) is 5. The maximum atomic E-state index is 10.5. The van der Waals surface area contributed by atoms with Crippen LogP contribution < -0.4 is 0 Å². The zero-order valence-corrected chi connectivity index (χ0v) is 11.8. The molecule has 1 aromatic heterocycles. The molecule has 1 aliphatic rings. The molecule has 18 heavy (non-hydrogen) atoms. The quantitative estimate of drug-likeness (QED) is 0.889. The third-order valence-electron chi connectivity index (χ3n) is 3.45. The highest BCUT2D eigenvalue weighted by Gasteiger charge is 2.40. The van der Waals surface area contributed by atoms with Crippen LogP contribution in [0.2, 0.25) is 0 Å². The molecule has 1 saturated heterocycles. The Kier molecular flexibility index (Phi) is 4.72. The van der Waals surface area contributed by atoms with E-state index in [-0.39, 0.29) is 0 Å². The van der Waals surface area contributed by atoms with Crippen molar-refractivity contribution in [1.29, 1.82) is 0 Å². The molecule has 0 saturated carbocycles. The van der Waals surface area contributed by atoms with Crippen molar-refractivity contribution in [3.8, 4) is 0 Å². The lowest BCUT2D eigenvalue weighted by molar-refractivity contribution is -0.165. The Labute approximate surface area is 112 Å². The molecule has 1 aromatic rings. The van der Waals surface area contributed by atoms with Gasteiger partial charge in [-0.1, -0.05) is 0 Å². The third-order valence-corrected chi connectivity index (χ3v) is 4.27. The summed E-state index contributed by atoms with van der Waals surface area (Å²) in [5.41, 5.74) is 0.500. The SMILES string of the molecule is CCOC1(C(O)Cc2csc(C)n2)CCOCC1. The normalized spacial score (nSPS) is 20.8. The molecule has 0 aromatic carbocycles. The number of nitrogens with zero attached hydrogens (tertiary/aromatic N) is 1. The van der Waals surface area contributed by atoms with Crippen LogP contribution in [0, 0.1) is 6.92 Å². The van der Waals surface area contributed by atoms with Crippen LogP contribution in [-0.4, -0.2) is 41.6 Å². The van der Waals surface area contributed by atoms with E-state index >= 15 is 0 Å². The summed E-state index contributed by atoms with van der Waals surface area (Å²) in [6, 6.07) is 0. The number of aliphatic hydroxyl groups excluding tert-OH is 1. The standard InChI is InChI=1S/C13H21NO3S/c1-3-17-13(4-6-16-7-5-13)12(15)8-11-9-18-10(2)14-11/h9,12,15H,3-8H2,1-2H3. The molecule has 0 spiro atoms. The summed E-state index contributed by atoms with van der Waals surface area (Å²) in [4.78, 5) is 4.41. The van der Waals surface area contributed by atoms with Crippen LogP contribution >= 0.6 is 11.3 Å². The number of thiazole rings is 1. The van der Waals surface area contributed by atoms with Crippen LogP contribution in [-0.2, 0) is 15.9 Å². The first kappa shape index (κ1) is 13.9. The Hall–Kier alpha value is -0.490. The van der Waals surface area contributed by atoms with Gasteiger partial charge >= 0.3 is 0 Å². The monoisotopic (exact) mass is 271 g/mol. The minimum atomic E-state index is -0.511. The van der Waals surface area contributed by atoms with Crippen LogP contribution in [0.3, 0.4) is 0 Å². The topological polar surface area (TPSA) is 51.6 Å². The molecule has 2 heterocycles. The van der Waals surface area contributed by atoms with Gasteiger partial charge in [0.05, 0.1) is 22.4 Å². The molecule has 5 heteroatoms. The van der Waals surface area contributed by atoms with Crippen LogP contribution in [0.5, 0.6) is 0 Å². The summed E-state index contributed by atoms with van der Waals surface area (Å²) < 4.78 is 11.2. The number of hydrogen-bond donors (Lipinski definition) is 1. The van der Waals surface area contributed by atoms with Gasteiger partial charge in [-0.3, -0.25) is 0 Å². The number of aliphatic hydroxyl groups is 1. The fraction of sp³-hybridized carbons (Fsp3) is 0.769. The molecule has 0 bridgehead atoms. The van der Waals surface area contributed by atoms with E-state index in [9.17, 15) is 5.11 Å². The molecule has 1 fully saturated rings. The van der Waals surface area contributed by atoms with Crippen molar-refractivity contribution < 1.29 is 14.6 Å². The average Bonchev–Trinajstić information content (AvgIpc) is 2.76. The summed E-state index contributed by atoms with van der Waals surface area (Å²) in [6.45, 7) is 5.89. The lowest BCUT2D eigenvalue weighted by atomic mass is 9.85. The molecule has 1 atom stereocenters. The van der Waals surface area contributed by atoms with Crippen molar-refractivity contribution >= 4 is 11.3 Å². The van der Waals surface area contributed by atoms with Gasteiger partial charge < -0.3 is 14.6 Å². The molecule has 2 rings (SSSR count). The number of aryl methyl sites for hydroxylation is 1. The maximum Gasteiger partial charge on any atom is 0.0987 e. The van der Waals surface area contributed by atoms with Crippen molar-refractivity contribution in [3.05, 3.63) is 16.1 Å². The van der Waals surface area contributed by atoms with E-state index in [4.69, 9.17) is 9.47 Å². The van der Waals surface area contributed by atoms with E-state index < -0.39 is 11.7 Å². The van der Waals surface area contributed by atoms with Gasteiger partial charge in [0.1, 0.15) is 0 Å². The van der Waals surface area contributed by atoms with E-state index in [1.54, 1.807) is 11.3 Å². The van der Waals surface area contributed by atoms with Crippen LogP contribution in [0.25, 0.3) is 0 Å². The fourth-order valence-corrected chi connectivity index (χ4v) is 3.09. The molecule has 4 nitrogen and oxygen atoms in total. The minimum absolute atomic E-state index is 0.454. The molecular weight excluding hydrogens is 250 g/mol. The Morgan fingerprint density at radius 2 is 2.28 bits per heavy atom. The molecule has 0 radical (unpaired) electrons. The second kappa shape index (κ2) is 6.10. The predicted molar refractivity (Wildman–Crippen MR) is 71.0 cm³/mol. The molecule has 0 aliphatic carbocycles. The number of aromatic nitrogens is 1. The van der Waals surface area contributed by atoms with Crippen molar-refractivity contribution in [2.24, 2.45) is 0 Å². The average molecular weight is 271 g/mol. The molecule has 1 N–H and O–H groups in total. The zero-order chi connectivity index (χ0) is 13.0. The smallest absolute Gasteiger partial charge is 0.0987 e. The maximum absolute atomic E-state index is 10.5. The highest BCUT2D eigenvalue weighted by molar-refractivity contribution is 7.09. The summed E-state index contributed by atoms with van der Waals surface area (Å²) in [6.07, 6.45) is 1.56. The largest absolute Gasteiger partial charge is 0.390 e. The van der Waals surface area contributed by atoms with Gasteiger partial charge in [-0.25, -0.2) is 4.98 Å². The molecule has 1 unspecified atom stereocenters. The Morgan fingerprint density at radius 3 is 2.83 bits per heavy atom. The fourth-order valence-electron chi connectivity index (χ4n) is 2.46. The molecule has 102 valence electrons. The summed E-state index contributed by atoms with van der Waals surface area (Å²) in [5.74, 6) is 0. The number of ether oxygens (including phenoxy) is 2. The van der Waals surface area contributed by atoms with Crippen molar-refractivity contribution in [2.75, 3.05) is 19.8 Å². The van der Waals surface area contributed by atoms with Gasteiger partial charge in [0.2, 0.25) is 0 Å². The van der Waals surface area contributed by atoms with Gasteiger partial charge in [-0.15, -0.1) is 11.3 Å². The first-order valence-electron chi connectivity index (χ1n) is 6.47. The minimum Gasteiger partial charge on any atom is -0.390 e.